The molecule has 0 saturated carbocycles. The van der Waals surface area contributed by atoms with Gasteiger partial charge >= 0.3 is 0 Å². The number of hydrogen-bond donors (Lipinski definition) is 2. The van der Waals surface area contributed by atoms with E-state index in [0.29, 0.717) is 59.0 Å². The molecule has 1 aliphatic rings. The molecular formula is C23H19ClFN3O5. The number of rotatable bonds is 5. The van der Waals surface area contributed by atoms with E-state index in [-0.39, 0.29) is 28.9 Å². The minimum absolute atomic E-state index is 0.00729. The Morgan fingerprint density at radius 1 is 1.24 bits per heavy atom. The van der Waals surface area contributed by atoms with Crippen LogP contribution in [0, 0.1) is 5.82 Å². The summed E-state index contributed by atoms with van der Waals surface area (Å²) in [6.45, 7) is 2.33. The van der Waals surface area contributed by atoms with Crippen molar-refractivity contribution in [1.29, 1.82) is 0 Å². The molecule has 0 bridgehead atoms. The fourth-order valence-electron chi connectivity index (χ4n) is 3.97. The second kappa shape index (κ2) is 8.42. The van der Waals surface area contributed by atoms with Crippen molar-refractivity contribution in [2.24, 2.45) is 0 Å². The number of aromatic nitrogens is 2. The number of carbonyl (C=O) groups excluding carboxylic acids is 1. The third-order valence-electron chi connectivity index (χ3n) is 5.63. The first-order chi connectivity index (χ1) is 16.0. The maximum absolute atomic E-state index is 15.0. The average molecular weight is 472 g/mol. The molecule has 0 atom stereocenters. The van der Waals surface area contributed by atoms with Crippen LogP contribution in [0.2, 0.25) is 5.02 Å². The predicted octanol–water partition coefficient (Wildman–Crippen LogP) is 4.40. The Hall–Kier alpha value is -3.56. The second-order valence-electron chi connectivity index (χ2n) is 7.55. The highest BCUT2D eigenvalue weighted by atomic mass is 35.5. The summed E-state index contributed by atoms with van der Waals surface area (Å²) < 4.78 is 30.3. The Bertz CT molecular complexity index is 1360. The van der Waals surface area contributed by atoms with Gasteiger partial charge in [-0.1, -0.05) is 17.7 Å². The standard InChI is InChI=1S/C23H19ClFN3O5/c1-31-20-11-19(33-27-20)22(29)21-14-9-13(15(24)10-17(14)26-23(21)30)12-2-3-18(16(25)8-12)28-4-6-32-7-5-28/h2-3,8-11,26,30H,4-7H2,1H3. The molecule has 10 heteroatoms. The van der Waals surface area contributed by atoms with Gasteiger partial charge in [0, 0.05) is 24.0 Å². The lowest BCUT2D eigenvalue weighted by atomic mass is 10.00. The van der Waals surface area contributed by atoms with Gasteiger partial charge in [-0.25, -0.2) is 4.39 Å². The third kappa shape index (κ3) is 3.79. The van der Waals surface area contributed by atoms with Crippen molar-refractivity contribution in [2.45, 2.75) is 0 Å². The van der Waals surface area contributed by atoms with Gasteiger partial charge in [-0.3, -0.25) is 4.79 Å². The van der Waals surface area contributed by atoms with Crippen LogP contribution in [0.15, 0.2) is 40.9 Å². The number of carbonyl (C=O) groups is 1. The summed E-state index contributed by atoms with van der Waals surface area (Å²) >= 11 is 6.48. The fourth-order valence-corrected chi connectivity index (χ4v) is 4.25. The number of H-pyrrole nitrogens is 1. The highest BCUT2D eigenvalue weighted by molar-refractivity contribution is 6.34. The molecule has 1 saturated heterocycles. The largest absolute Gasteiger partial charge is 0.494 e. The first-order valence-corrected chi connectivity index (χ1v) is 10.6. The zero-order valence-corrected chi connectivity index (χ0v) is 18.3. The number of aromatic amines is 1. The molecular weight excluding hydrogens is 453 g/mol. The predicted molar refractivity (Wildman–Crippen MR) is 120 cm³/mol. The highest BCUT2D eigenvalue weighted by Gasteiger charge is 2.25. The van der Waals surface area contributed by atoms with Gasteiger partial charge in [0.25, 0.3) is 5.88 Å². The molecule has 2 aromatic heterocycles. The van der Waals surface area contributed by atoms with E-state index in [4.69, 9.17) is 25.6 Å². The van der Waals surface area contributed by atoms with Crippen LogP contribution in [0.1, 0.15) is 16.1 Å². The SMILES string of the molecule is COc1cc(C(=O)c2c(O)[nH]c3cc(Cl)c(-c4ccc(N5CCOCC5)c(F)c4)cc23)on1. The average Bonchev–Trinajstić information content (AvgIpc) is 3.42. The first-order valence-electron chi connectivity index (χ1n) is 10.2. The van der Waals surface area contributed by atoms with Crippen LogP contribution in [-0.2, 0) is 4.74 Å². The van der Waals surface area contributed by atoms with Crippen LogP contribution >= 0.6 is 11.6 Å². The molecule has 4 aromatic rings. The Morgan fingerprint density at radius 2 is 2.03 bits per heavy atom. The van der Waals surface area contributed by atoms with Crippen molar-refractivity contribution in [3.8, 4) is 22.9 Å². The lowest BCUT2D eigenvalue weighted by Gasteiger charge is -2.29. The number of fused-ring (bicyclic) bond motifs is 1. The molecule has 1 fully saturated rings. The number of hydrogen-bond acceptors (Lipinski definition) is 7. The van der Waals surface area contributed by atoms with Gasteiger partial charge in [-0.2, -0.15) is 0 Å². The summed E-state index contributed by atoms with van der Waals surface area (Å²) in [5, 5.41) is 14.8. The van der Waals surface area contributed by atoms with E-state index in [1.54, 1.807) is 24.3 Å². The number of morpholine rings is 1. The van der Waals surface area contributed by atoms with E-state index >= 15 is 0 Å². The molecule has 0 unspecified atom stereocenters. The van der Waals surface area contributed by atoms with Crippen LogP contribution in [0.3, 0.4) is 0 Å². The van der Waals surface area contributed by atoms with E-state index in [9.17, 15) is 14.3 Å². The smallest absolute Gasteiger partial charge is 0.254 e. The van der Waals surface area contributed by atoms with Gasteiger partial charge in [0.15, 0.2) is 0 Å². The Morgan fingerprint density at radius 3 is 2.73 bits per heavy atom. The molecule has 0 aliphatic carbocycles. The van der Waals surface area contributed by atoms with Gasteiger partial charge in [-0.15, -0.1) is 0 Å². The third-order valence-corrected chi connectivity index (χ3v) is 5.94. The van der Waals surface area contributed by atoms with Gasteiger partial charge in [0.2, 0.25) is 17.4 Å². The van der Waals surface area contributed by atoms with Crippen molar-refractivity contribution in [3.05, 3.63) is 58.6 Å². The zero-order chi connectivity index (χ0) is 23.1. The number of aromatic hydroxyl groups is 1. The van der Waals surface area contributed by atoms with Crippen LogP contribution in [0.25, 0.3) is 22.0 Å². The van der Waals surface area contributed by atoms with Crippen LogP contribution < -0.4 is 9.64 Å². The maximum atomic E-state index is 15.0. The quantitative estimate of drug-likeness (QED) is 0.416. The van der Waals surface area contributed by atoms with Crippen LogP contribution in [0.5, 0.6) is 11.8 Å². The minimum Gasteiger partial charge on any atom is -0.494 e. The first kappa shape index (κ1) is 21.3. The summed E-state index contributed by atoms with van der Waals surface area (Å²) in [7, 11) is 1.40. The zero-order valence-electron chi connectivity index (χ0n) is 17.5. The highest BCUT2D eigenvalue weighted by Crippen LogP contribution is 2.38. The molecule has 0 amide bonds. The number of nitrogens with one attached hydrogen (secondary N) is 1. The molecule has 33 heavy (non-hydrogen) atoms. The van der Waals surface area contributed by atoms with Crippen molar-refractivity contribution < 1.29 is 28.3 Å². The van der Waals surface area contributed by atoms with Gasteiger partial charge in [-0.05, 0) is 35.0 Å². The minimum atomic E-state index is -0.586. The normalized spacial score (nSPS) is 14.1. The summed E-state index contributed by atoms with van der Waals surface area (Å²) in [6.07, 6.45) is 0. The molecule has 0 spiro atoms. The Kier molecular flexibility index (Phi) is 5.43. The number of nitrogens with zero attached hydrogens (tertiary/aromatic N) is 2. The molecule has 2 aromatic carbocycles. The van der Waals surface area contributed by atoms with Gasteiger partial charge in [0.05, 0.1) is 48.2 Å². The molecule has 170 valence electrons. The summed E-state index contributed by atoms with van der Waals surface area (Å²) in [6, 6.07) is 9.44. The summed E-state index contributed by atoms with van der Waals surface area (Å²) in [4.78, 5) is 17.7. The molecule has 3 heterocycles. The summed E-state index contributed by atoms with van der Waals surface area (Å²) in [5.74, 6) is -1.27. The summed E-state index contributed by atoms with van der Waals surface area (Å²) in [5.41, 5.74) is 1.99. The van der Waals surface area contributed by atoms with Crippen molar-refractivity contribution in [3.63, 3.8) is 0 Å². The Labute approximate surface area is 192 Å². The van der Waals surface area contributed by atoms with Crippen molar-refractivity contribution >= 4 is 34.0 Å². The lowest BCUT2D eigenvalue weighted by molar-refractivity contribution is 0.0999. The van der Waals surface area contributed by atoms with E-state index < -0.39 is 5.78 Å². The molecule has 1 aliphatic heterocycles. The van der Waals surface area contributed by atoms with Crippen LogP contribution in [-0.4, -0.2) is 54.4 Å². The number of ether oxygens (including phenoxy) is 2. The molecule has 2 N–H and O–H groups in total. The number of ketones is 1. The number of methoxy groups -OCH3 is 1. The van der Waals surface area contributed by atoms with Crippen molar-refractivity contribution in [1.82, 2.24) is 10.1 Å². The van der Waals surface area contributed by atoms with Gasteiger partial charge < -0.3 is 29.0 Å². The van der Waals surface area contributed by atoms with E-state index in [1.165, 1.54) is 19.2 Å². The fraction of sp³-hybridized carbons (Fsp3) is 0.217. The van der Waals surface area contributed by atoms with Gasteiger partial charge in [0.1, 0.15) is 5.82 Å². The molecule has 0 radical (unpaired) electrons. The lowest BCUT2D eigenvalue weighted by Crippen LogP contribution is -2.36. The van der Waals surface area contributed by atoms with E-state index in [2.05, 4.69) is 10.1 Å². The molecule has 8 nitrogen and oxygen atoms in total. The Balaban J connectivity index is 1.57. The van der Waals surface area contributed by atoms with E-state index in [0.717, 1.165) is 0 Å². The number of benzene rings is 2. The maximum Gasteiger partial charge on any atom is 0.254 e. The van der Waals surface area contributed by atoms with E-state index in [1.807, 2.05) is 4.90 Å². The molecule has 5 rings (SSSR count). The monoisotopic (exact) mass is 471 g/mol. The van der Waals surface area contributed by atoms with Crippen molar-refractivity contribution in [2.75, 3.05) is 38.3 Å². The second-order valence-corrected chi connectivity index (χ2v) is 7.96. The number of halogens is 2. The van der Waals surface area contributed by atoms with Crippen LogP contribution in [0.4, 0.5) is 10.1 Å². The topological polar surface area (TPSA) is 101 Å². The number of anilines is 1.